The molecule has 0 unspecified atom stereocenters. The lowest BCUT2D eigenvalue weighted by atomic mass is 9.81. The summed E-state index contributed by atoms with van der Waals surface area (Å²) in [5.74, 6) is 1.01. The first-order valence-electron chi connectivity index (χ1n) is 10.2. The molecule has 154 valence electrons. The highest BCUT2D eigenvalue weighted by atomic mass is 16.5. The number of carbonyl (C=O) groups excluding carboxylic acids is 2. The van der Waals surface area contributed by atoms with Crippen LogP contribution in [0.25, 0.3) is 0 Å². The molecule has 2 N–H and O–H groups in total. The Balaban J connectivity index is 1.37. The molecule has 1 fully saturated rings. The van der Waals surface area contributed by atoms with E-state index < -0.39 is 0 Å². The molecule has 6 heteroatoms. The van der Waals surface area contributed by atoms with Gasteiger partial charge in [0.25, 0.3) is 0 Å². The van der Waals surface area contributed by atoms with Gasteiger partial charge in [0, 0.05) is 37.3 Å². The van der Waals surface area contributed by atoms with Crippen LogP contribution >= 0.6 is 0 Å². The van der Waals surface area contributed by atoms with Crippen molar-refractivity contribution in [3.63, 3.8) is 0 Å². The van der Waals surface area contributed by atoms with Crippen molar-refractivity contribution in [3.8, 4) is 5.75 Å². The van der Waals surface area contributed by atoms with E-state index in [2.05, 4.69) is 15.6 Å². The van der Waals surface area contributed by atoms with Crippen molar-refractivity contribution >= 4 is 11.8 Å². The lowest BCUT2D eigenvalue weighted by Gasteiger charge is -2.27. The number of nitrogens with zero attached hydrogens (tertiary/aromatic N) is 1. The molecule has 0 aliphatic heterocycles. The maximum Gasteiger partial charge on any atom is 0.223 e. The summed E-state index contributed by atoms with van der Waals surface area (Å²) in [6.07, 6.45) is 7.21. The first-order valence-corrected chi connectivity index (χ1v) is 10.2. The average Bonchev–Trinajstić information content (AvgIpc) is 2.78. The van der Waals surface area contributed by atoms with Gasteiger partial charge >= 0.3 is 0 Å². The molecule has 0 bridgehead atoms. The number of para-hydroxylation sites is 1. The molecule has 3 rings (SSSR count). The summed E-state index contributed by atoms with van der Waals surface area (Å²) in [7, 11) is 1.66. The van der Waals surface area contributed by atoms with E-state index in [1.165, 1.54) is 0 Å². The number of ether oxygens (including phenoxy) is 1. The predicted molar refractivity (Wildman–Crippen MR) is 111 cm³/mol. The summed E-state index contributed by atoms with van der Waals surface area (Å²) in [6, 6.07) is 11.6. The second-order valence-electron chi connectivity index (χ2n) is 7.47. The number of amides is 2. The van der Waals surface area contributed by atoms with Crippen molar-refractivity contribution < 1.29 is 14.3 Å². The van der Waals surface area contributed by atoms with Crippen LogP contribution in [0.2, 0.25) is 0 Å². The minimum atomic E-state index is -0.00512. The molecule has 29 heavy (non-hydrogen) atoms. The molecule has 2 amide bonds. The number of hydrogen-bond acceptors (Lipinski definition) is 4. The van der Waals surface area contributed by atoms with E-state index in [4.69, 9.17) is 4.74 Å². The van der Waals surface area contributed by atoms with Crippen molar-refractivity contribution in [1.29, 1.82) is 0 Å². The summed E-state index contributed by atoms with van der Waals surface area (Å²) in [5.41, 5.74) is 2.13. The summed E-state index contributed by atoms with van der Waals surface area (Å²) < 4.78 is 5.35. The van der Waals surface area contributed by atoms with E-state index in [0.717, 1.165) is 49.0 Å². The Kier molecular flexibility index (Phi) is 7.61. The van der Waals surface area contributed by atoms with Gasteiger partial charge in [0.1, 0.15) is 5.75 Å². The lowest BCUT2D eigenvalue weighted by Crippen LogP contribution is -2.37. The first kappa shape index (κ1) is 20.8. The van der Waals surface area contributed by atoms with Crippen molar-refractivity contribution in [3.05, 3.63) is 59.9 Å². The highest BCUT2D eigenvalue weighted by molar-refractivity contribution is 5.81. The molecule has 1 aliphatic carbocycles. The van der Waals surface area contributed by atoms with Crippen molar-refractivity contribution in [2.45, 2.75) is 38.6 Å². The molecule has 0 spiro atoms. The molecule has 1 aromatic carbocycles. The Bertz CT molecular complexity index is 802. The zero-order chi connectivity index (χ0) is 20.5. The van der Waals surface area contributed by atoms with Crippen LogP contribution in [0, 0.1) is 11.8 Å². The number of hydrogen-bond donors (Lipinski definition) is 2. The van der Waals surface area contributed by atoms with Crippen LogP contribution in [-0.2, 0) is 22.6 Å². The molecule has 2 aromatic rings. The van der Waals surface area contributed by atoms with Crippen molar-refractivity contribution in [2.75, 3.05) is 13.7 Å². The lowest BCUT2D eigenvalue weighted by molar-refractivity contribution is -0.130. The molecule has 1 saturated carbocycles. The molecule has 0 saturated heterocycles. The highest BCUT2D eigenvalue weighted by Crippen LogP contribution is 2.29. The first-order chi connectivity index (χ1) is 14.2. The summed E-state index contributed by atoms with van der Waals surface area (Å²) >= 11 is 0. The third-order valence-electron chi connectivity index (χ3n) is 5.57. The maximum atomic E-state index is 12.5. The molecule has 0 radical (unpaired) electrons. The minimum absolute atomic E-state index is 0.00285. The van der Waals surface area contributed by atoms with Gasteiger partial charge in [-0.3, -0.25) is 14.6 Å². The minimum Gasteiger partial charge on any atom is -0.496 e. The molecule has 0 atom stereocenters. The predicted octanol–water partition coefficient (Wildman–Crippen LogP) is 2.87. The van der Waals surface area contributed by atoms with Gasteiger partial charge in [-0.05, 0) is 61.4 Å². The van der Waals surface area contributed by atoms with E-state index in [1.54, 1.807) is 19.5 Å². The standard InChI is InChI=1S/C23H29N3O3/c1-29-21-5-3-2-4-18(21)12-15-25-22(27)19-6-8-20(9-7-19)23(28)26-16-17-10-13-24-14-11-17/h2-5,10-11,13-14,19-20H,6-9,12,15-16H2,1H3,(H,25,27)(H,26,28). The highest BCUT2D eigenvalue weighted by Gasteiger charge is 2.29. The Morgan fingerprint density at radius 3 is 2.24 bits per heavy atom. The third kappa shape index (κ3) is 6.04. The van der Waals surface area contributed by atoms with E-state index in [9.17, 15) is 9.59 Å². The second kappa shape index (κ2) is 10.6. The number of nitrogens with one attached hydrogen (secondary N) is 2. The van der Waals surface area contributed by atoms with Gasteiger partial charge < -0.3 is 15.4 Å². The molecule has 1 aromatic heterocycles. The fraction of sp³-hybridized carbons (Fsp3) is 0.435. The maximum absolute atomic E-state index is 12.5. The number of methoxy groups -OCH3 is 1. The van der Waals surface area contributed by atoms with Crippen LogP contribution in [0.3, 0.4) is 0 Å². The largest absolute Gasteiger partial charge is 0.496 e. The van der Waals surface area contributed by atoms with Gasteiger partial charge in [-0.15, -0.1) is 0 Å². The number of pyridine rings is 1. The quantitative estimate of drug-likeness (QED) is 0.720. The molecule has 6 nitrogen and oxygen atoms in total. The van der Waals surface area contributed by atoms with Gasteiger partial charge in [-0.25, -0.2) is 0 Å². The van der Waals surface area contributed by atoms with Gasteiger partial charge in [-0.2, -0.15) is 0 Å². The van der Waals surface area contributed by atoms with Gasteiger partial charge in [0.15, 0.2) is 0 Å². The van der Waals surface area contributed by atoms with E-state index in [1.807, 2.05) is 36.4 Å². The Morgan fingerprint density at radius 1 is 0.966 bits per heavy atom. The topological polar surface area (TPSA) is 80.3 Å². The fourth-order valence-corrected chi connectivity index (χ4v) is 3.83. The van der Waals surface area contributed by atoms with Crippen LogP contribution in [0.4, 0.5) is 0 Å². The normalized spacial score (nSPS) is 18.7. The third-order valence-corrected chi connectivity index (χ3v) is 5.57. The summed E-state index contributed by atoms with van der Waals surface area (Å²) in [4.78, 5) is 28.9. The number of rotatable bonds is 8. The van der Waals surface area contributed by atoms with Crippen LogP contribution in [-0.4, -0.2) is 30.5 Å². The summed E-state index contributed by atoms with van der Waals surface area (Å²) in [5, 5.41) is 6.04. The molecular formula is C23H29N3O3. The van der Waals surface area contributed by atoms with Gasteiger partial charge in [0.05, 0.1) is 7.11 Å². The Morgan fingerprint density at radius 2 is 1.59 bits per heavy atom. The van der Waals surface area contributed by atoms with Crippen LogP contribution in [0.1, 0.15) is 36.8 Å². The zero-order valence-corrected chi connectivity index (χ0v) is 16.9. The van der Waals surface area contributed by atoms with Crippen LogP contribution in [0.15, 0.2) is 48.8 Å². The number of benzene rings is 1. The fourth-order valence-electron chi connectivity index (χ4n) is 3.83. The van der Waals surface area contributed by atoms with E-state index >= 15 is 0 Å². The van der Waals surface area contributed by atoms with Crippen molar-refractivity contribution in [2.24, 2.45) is 11.8 Å². The van der Waals surface area contributed by atoms with Crippen molar-refractivity contribution in [1.82, 2.24) is 15.6 Å². The van der Waals surface area contributed by atoms with E-state index in [0.29, 0.717) is 13.1 Å². The van der Waals surface area contributed by atoms with E-state index in [-0.39, 0.29) is 23.7 Å². The molecule has 1 aliphatic rings. The number of aromatic nitrogens is 1. The summed E-state index contributed by atoms with van der Waals surface area (Å²) in [6.45, 7) is 1.11. The number of carbonyl (C=O) groups is 2. The van der Waals surface area contributed by atoms with Crippen LogP contribution in [0.5, 0.6) is 5.75 Å². The SMILES string of the molecule is COc1ccccc1CCNC(=O)C1CCC(C(=O)NCc2ccncc2)CC1. The Labute approximate surface area is 172 Å². The van der Waals surface area contributed by atoms with Crippen LogP contribution < -0.4 is 15.4 Å². The zero-order valence-electron chi connectivity index (χ0n) is 16.9. The second-order valence-corrected chi connectivity index (χ2v) is 7.47. The monoisotopic (exact) mass is 395 g/mol. The van der Waals surface area contributed by atoms with Gasteiger partial charge in [-0.1, -0.05) is 18.2 Å². The average molecular weight is 396 g/mol. The molecule has 1 heterocycles. The molecular weight excluding hydrogens is 366 g/mol. The van der Waals surface area contributed by atoms with Gasteiger partial charge in [0.2, 0.25) is 11.8 Å². The Hall–Kier alpha value is -2.89. The smallest absolute Gasteiger partial charge is 0.223 e.